The van der Waals surface area contributed by atoms with Crippen LogP contribution < -0.4 is 5.73 Å². The number of nitrogens with zero attached hydrogens (tertiary/aromatic N) is 1. The molecule has 1 aromatic rings. The molecule has 2 nitrogen and oxygen atoms in total. The van der Waals surface area contributed by atoms with Crippen LogP contribution >= 0.6 is 0 Å². The largest absolute Gasteiger partial charge is 0.328 e. The molecule has 2 N–H and O–H groups in total. The summed E-state index contributed by atoms with van der Waals surface area (Å²) in [6.45, 7) is 5.86. The van der Waals surface area contributed by atoms with Crippen molar-refractivity contribution in [1.29, 1.82) is 0 Å². The third kappa shape index (κ3) is 4.11. The van der Waals surface area contributed by atoms with E-state index >= 15 is 0 Å². The molecule has 0 bridgehead atoms. The Labute approximate surface area is 111 Å². The fourth-order valence-electron chi connectivity index (χ4n) is 2.85. The zero-order chi connectivity index (χ0) is 12.8. The van der Waals surface area contributed by atoms with Gasteiger partial charge in [-0.2, -0.15) is 0 Å². The summed E-state index contributed by atoms with van der Waals surface area (Å²) in [6.07, 6.45) is 5.03. The van der Waals surface area contributed by atoms with Crippen molar-refractivity contribution in [1.82, 2.24) is 4.90 Å². The van der Waals surface area contributed by atoms with Crippen LogP contribution in [0.5, 0.6) is 0 Å². The first-order valence-electron chi connectivity index (χ1n) is 7.27. The molecule has 0 spiro atoms. The van der Waals surface area contributed by atoms with E-state index in [1.165, 1.54) is 50.9 Å². The van der Waals surface area contributed by atoms with Gasteiger partial charge >= 0.3 is 0 Å². The first-order chi connectivity index (χ1) is 8.75. The predicted molar refractivity (Wildman–Crippen MR) is 77.6 cm³/mol. The summed E-state index contributed by atoms with van der Waals surface area (Å²) in [6, 6.07) is 11.2. The lowest BCUT2D eigenvalue weighted by atomic mass is 9.91. The van der Waals surface area contributed by atoms with Crippen LogP contribution in [0.4, 0.5) is 0 Å². The molecule has 1 heterocycles. The summed E-state index contributed by atoms with van der Waals surface area (Å²) in [4.78, 5) is 2.60. The maximum Gasteiger partial charge on any atom is 0.00397 e. The van der Waals surface area contributed by atoms with E-state index in [-0.39, 0.29) is 0 Å². The van der Waals surface area contributed by atoms with Gasteiger partial charge in [0.15, 0.2) is 0 Å². The Kier molecular flexibility index (Phi) is 5.21. The fourth-order valence-corrected chi connectivity index (χ4v) is 2.85. The molecular formula is C16H26N2. The minimum absolute atomic E-state index is 0.372. The Morgan fingerprint density at radius 1 is 1.22 bits per heavy atom. The van der Waals surface area contributed by atoms with E-state index in [0.29, 0.717) is 6.04 Å². The molecule has 1 atom stereocenters. The second-order valence-corrected chi connectivity index (χ2v) is 5.63. The fraction of sp³-hybridized carbons (Fsp3) is 0.625. The number of aryl methyl sites for hydroxylation is 1. The smallest absolute Gasteiger partial charge is 0.00397 e. The van der Waals surface area contributed by atoms with Crippen molar-refractivity contribution in [3.05, 3.63) is 35.9 Å². The SMILES string of the molecule is CC(N)C1CCN(CCCc2ccccc2)CC1. The molecule has 1 aromatic carbocycles. The van der Waals surface area contributed by atoms with Crippen molar-refractivity contribution in [2.45, 2.75) is 38.6 Å². The van der Waals surface area contributed by atoms with Crippen LogP contribution in [0.1, 0.15) is 31.7 Å². The average Bonchev–Trinajstić information content (AvgIpc) is 2.40. The summed E-state index contributed by atoms with van der Waals surface area (Å²) in [5.41, 5.74) is 7.43. The summed E-state index contributed by atoms with van der Waals surface area (Å²) < 4.78 is 0. The van der Waals surface area contributed by atoms with Gasteiger partial charge in [0.2, 0.25) is 0 Å². The van der Waals surface area contributed by atoms with Crippen molar-refractivity contribution in [3.63, 3.8) is 0 Å². The van der Waals surface area contributed by atoms with Crippen molar-refractivity contribution in [2.24, 2.45) is 11.7 Å². The molecule has 0 radical (unpaired) electrons. The molecule has 0 saturated carbocycles. The van der Waals surface area contributed by atoms with Crippen LogP contribution in [0.15, 0.2) is 30.3 Å². The van der Waals surface area contributed by atoms with Crippen LogP contribution in [0.25, 0.3) is 0 Å². The topological polar surface area (TPSA) is 29.3 Å². The molecule has 18 heavy (non-hydrogen) atoms. The van der Waals surface area contributed by atoms with Gasteiger partial charge in [-0.3, -0.25) is 0 Å². The Morgan fingerprint density at radius 2 is 1.89 bits per heavy atom. The van der Waals surface area contributed by atoms with Crippen LogP contribution in [-0.2, 0) is 6.42 Å². The zero-order valence-corrected chi connectivity index (χ0v) is 11.5. The number of likely N-dealkylation sites (tertiary alicyclic amines) is 1. The maximum absolute atomic E-state index is 5.97. The summed E-state index contributed by atoms with van der Waals surface area (Å²) in [7, 11) is 0. The van der Waals surface area contributed by atoms with E-state index in [9.17, 15) is 0 Å². The van der Waals surface area contributed by atoms with Gasteiger partial charge in [0, 0.05) is 6.04 Å². The van der Waals surface area contributed by atoms with E-state index in [1.807, 2.05) is 0 Å². The van der Waals surface area contributed by atoms with Gasteiger partial charge in [0.05, 0.1) is 0 Å². The lowest BCUT2D eigenvalue weighted by Gasteiger charge is -2.33. The van der Waals surface area contributed by atoms with Crippen molar-refractivity contribution < 1.29 is 0 Å². The minimum atomic E-state index is 0.372. The molecule has 2 rings (SSSR count). The highest BCUT2D eigenvalue weighted by Gasteiger charge is 2.21. The normalized spacial score (nSPS) is 19.9. The first-order valence-corrected chi connectivity index (χ1v) is 7.27. The Bertz CT molecular complexity index is 326. The van der Waals surface area contributed by atoms with Gasteiger partial charge < -0.3 is 10.6 Å². The molecule has 1 saturated heterocycles. The molecule has 1 aliphatic rings. The minimum Gasteiger partial charge on any atom is -0.328 e. The third-order valence-corrected chi connectivity index (χ3v) is 4.16. The van der Waals surface area contributed by atoms with Gasteiger partial charge in [-0.05, 0) is 63.7 Å². The Hall–Kier alpha value is -0.860. The van der Waals surface area contributed by atoms with E-state index in [1.54, 1.807) is 0 Å². The summed E-state index contributed by atoms with van der Waals surface area (Å²) in [5.74, 6) is 0.746. The van der Waals surface area contributed by atoms with Gasteiger partial charge in [-0.1, -0.05) is 30.3 Å². The number of rotatable bonds is 5. The molecule has 0 amide bonds. The van der Waals surface area contributed by atoms with Crippen LogP contribution in [0.2, 0.25) is 0 Å². The van der Waals surface area contributed by atoms with Gasteiger partial charge in [-0.25, -0.2) is 0 Å². The quantitative estimate of drug-likeness (QED) is 0.865. The highest BCUT2D eigenvalue weighted by atomic mass is 15.1. The summed E-state index contributed by atoms with van der Waals surface area (Å²) >= 11 is 0. The van der Waals surface area contributed by atoms with Gasteiger partial charge in [-0.15, -0.1) is 0 Å². The molecule has 2 heteroatoms. The van der Waals surface area contributed by atoms with Crippen LogP contribution in [0.3, 0.4) is 0 Å². The number of nitrogens with two attached hydrogens (primary N) is 1. The van der Waals surface area contributed by atoms with E-state index < -0.39 is 0 Å². The summed E-state index contributed by atoms with van der Waals surface area (Å²) in [5, 5.41) is 0. The molecular weight excluding hydrogens is 220 g/mol. The van der Waals surface area contributed by atoms with Crippen molar-refractivity contribution >= 4 is 0 Å². The molecule has 100 valence electrons. The highest BCUT2D eigenvalue weighted by Crippen LogP contribution is 2.19. The van der Waals surface area contributed by atoms with Crippen LogP contribution in [-0.4, -0.2) is 30.6 Å². The monoisotopic (exact) mass is 246 g/mol. The molecule has 1 unspecified atom stereocenters. The maximum atomic E-state index is 5.97. The van der Waals surface area contributed by atoms with Gasteiger partial charge in [0.25, 0.3) is 0 Å². The lowest BCUT2D eigenvalue weighted by Crippen LogP contribution is -2.40. The molecule has 0 aromatic heterocycles. The van der Waals surface area contributed by atoms with Crippen LogP contribution in [0, 0.1) is 5.92 Å². The Balaban J connectivity index is 1.64. The standard InChI is InChI=1S/C16H26N2/c1-14(17)16-9-12-18(13-10-16)11-5-8-15-6-3-2-4-7-15/h2-4,6-7,14,16H,5,8-13,17H2,1H3. The van der Waals surface area contributed by atoms with E-state index in [2.05, 4.69) is 42.2 Å². The lowest BCUT2D eigenvalue weighted by molar-refractivity contribution is 0.171. The number of hydrogen-bond donors (Lipinski definition) is 1. The van der Waals surface area contributed by atoms with E-state index in [0.717, 1.165) is 5.92 Å². The van der Waals surface area contributed by atoms with E-state index in [4.69, 9.17) is 5.73 Å². The molecule has 1 fully saturated rings. The first kappa shape index (κ1) is 13.6. The average molecular weight is 246 g/mol. The highest BCUT2D eigenvalue weighted by molar-refractivity contribution is 5.14. The molecule has 0 aliphatic carbocycles. The number of piperidine rings is 1. The predicted octanol–water partition coefficient (Wildman–Crippen LogP) is 2.68. The molecule has 1 aliphatic heterocycles. The van der Waals surface area contributed by atoms with Gasteiger partial charge in [0.1, 0.15) is 0 Å². The second kappa shape index (κ2) is 6.91. The zero-order valence-electron chi connectivity index (χ0n) is 11.5. The van der Waals surface area contributed by atoms with Crippen molar-refractivity contribution in [2.75, 3.05) is 19.6 Å². The number of benzene rings is 1. The Morgan fingerprint density at radius 3 is 2.50 bits per heavy atom. The second-order valence-electron chi connectivity index (χ2n) is 5.63. The number of hydrogen-bond acceptors (Lipinski definition) is 2. The van der Waals surface area contributed by atoms with Crippen molar-refractivity contribution in [3.8, 4) is 0 Å². The third-order valence-electron chi connectivity index (χ3n) is 4.16.